The molecule has 0 bridgehead atoms. The standard InChI is InChI=1S/C16H16FNO3/c17-14-8-4-7-13(9-14)15(10-19)18-16(20)21-11-12-5-2-1-3-6-12/h1-9,15,19H,10-11H2,(H,18,20). The number of aliphatic hydroxyl groups excluding tert-OH is 1. The van der Waals surface area contributed by atoms with E-state index in [9.17, 15) is 14.3 Å². The van der Waals surface area contributed by atoms with Crippen LogP contribution in [0.2, 0.25) is 0 Å². The molecule has 0 aliphatic carbocycles. The Bertz CT molecular complexity index is 589. The highest BCUT2D eigenvalue weighted by Gasteiger charge is 2.15. The summed E-state index contributed by atoms with van der Waals surface area (Å²) in [5.41, 5.74) is 1.34. The molecule has 2 aromatic carbocycles. The lowest BCUT2D eigenvalue weighted by atomic mass is 10.1. The van der Waals surface area contributed by atoms with Crippen molar-refractivity contribution in [2.45, 2.75) is 12.6 Å². The molecule has 4 nitrogen and oxygen atoms in total. The third-order valence-corrected chi connectivity index (χ3v) is 2.94. The summed E-state index contributed by atoms with van der Waals surface area (Å²) in [5, 5.41) is 11.8. The summed E-state index contributed by atoms with van der Waals surface area (Å²) < 4.78 is 18.2. The molecule has 0 saturated heterocycles. The lowest BCUT2D eigenvalue weighted by Crippen LogP contribution is -2.31. The maximum atomic E-state index is 13.1. The topological polar surface area (TPSA) is 58.6 Å². The lowest BCUT2D eigenvalue weighted by Gasteiger charge is -2.16. The highest BCUT2D eigenvalue weighted by Crippen LogP contribution is 2.14. The zero-order valence-corrected chi connectivity index (χ0v) is 11.3. The highest BCUT2D eigenvalue weighted by atomic mass is 19.1. The molecule has 2 N–H and O–H groups in total. The van der Waals surface area contributed by atoms with Crippen molar-refractivity contribution in [3.63, 3.8) is 0 Å². The van der Waals surface area contributed by atoms with Crippen LogP contribution in [0.15, 0.2) is 54.6 Å². The van der Waals surface area contributed by atoms with Crippen molar-refractivity contribution in [3.05, 3.63) is 71.5 Å². The number of halogens is 1. The average molecular weight is 289 g/mol. The van der Waals surface area contributed by atoms with Gasteiger partial charge in [-0.3, -0.25) is 0 Å². The second kappa shape index (κ2) is 7.40. The second-order valence-electron chi connectivity index (χ2n) is 4.50. The minimum Gasteiger partial charge on any atom is -0.445 e. The fourth-order valence-corrected chi connectivity index (χ4v) is 1.86. The smallest absolute Gasteiger partial charge is 0.408 e. The van der Waals surface area contributed by atoms with Crippen molar-refractivity contribution in [2.24, 2.45) is 0 Å². The summed E-state index contributed by atoms with van der Waals surface area (Å²) >= 11 is 0. The molecular formula is C16H16FNO3. The van der Waals surface area contributed by atoms with E-state index in [4.69, 9.17) is 4.74 Å². The van der Waals surface area contributed by atoms with Crippen LogP contribution in [0.25, 0.3) is 0 Å². The number of carbonyl (C=O) groups excluding carboxylic acids is 1. The van der Waals surface area contributed by atoms with Crippen molar-refractivity contribution in [2.75, 3.05) is 6.61 Å². The Morgan fingerprint density at radius 2 is 1.95 bits per heavy atom. The van der Waals surface area contributed by atoms with Gasteiger partial charge in [0.1, 0.15) is 12.4 Å². The van der Waals surface area contributed by atoms with E-state index in [1.807, 2.05) is 30.3 Å². The molecule has 110 valence electrons. The van der Waals surface area contributed by atoms with Gasteiger partial charge in [-0.25, -0.2) is 9.18 Å². The van der Waals surface area contributed by atoms with Crippen molar-refractivity contribution in [1.29, 1.82) is 0 Å². The fourth-order valence-electron chi connectivity index (χ4n) is 1.86. The second-order valence-corrected chi connectivity index (χ2v) is 4.50. The van der Waals surface area contributed by atoms with E-state index in [2.05, 4.69) is 5.32 Å². The molecule has 21 heavy (non-hydrogen) atoms. The van der Waals surface area contributed by atoms with E-state index < -0.39 is 18.0 Å². The molecule has 0 aliphatic heterocycles. The van der Waals surface area contributed by atoms with Crippen LogP contribution in [0, 0.1) is 5.82 Å². The molecule has 0 fully saturated rings. The summed E-state index contributed by atoms with van der Waals surface area (Å²) in [7, 11) is 0. The minimum atomic E-state index is -0.705. The summed E-state index contributed by atoms with van der Waals surface area (Å²) in [4.78, 5) is 11.7. The normalized spacial score (nSPS) is 11.7. The monoisotopic (exact) mass is 289 g/mol. The Labute approximate surface area is 122 Å². The fraction of sp³-hybridized carbons (Fsp3) is 0.188. The molecule has 1 unspecified atom stereocenters. The van der Waals surface area contributed by atoms with Crippen molar-refractivity contribution < 1.29 is 19.0 Å². The number of hydrogen-bond acceptors (Lipinski definition) is 3. The zero-order chi connectivity index (χ0) is 15.1. The summed E-state index contributed by atoms with van der Waals surface area (Å²) in [6, 6.07) is 14.2. The van der Waals surface area contributed by atoms with Gasteiger partial charge in [-0.2, -0.15) is 0 Å². The maximum absolute atomic E-state index is 13.1. The van der Waals surface area contributed by atoms with E-state index in [0.717, 1.165) is 5.56 Å². The highest BCUT2D eigenvalue weighted by molar-refractivity contribution is 5.68. The van der Waals surface area contributed by atoms with Gasteiger partial charge in [0, 0.05) is 0 Å². The van der Waals surface area contributed by atoms with E-state index in [1.165, 1.54) is 18.2 Å². The van der Waals surface area contributed by atoms with Gasteiger partial charge in [0.05, 0.1) is 12.6 Å². The van der Waals surface area contributed by atoms with E-state index in [0.29, 0.717) is 5.56 Å². The van der Waals surface area contributed by atoms with Crippen LogP contribution in [0.4, 0.5) is 9.18 Å². The van der Waals surface area contributed by atoms with Gasteiger partial charge in [-0.05, 0) is 23.3 Å². The third-order valence-electron chi connectivity index (χ3n) is 2.94. The van der Waals surface area contributed by atoms with E-state index in [1.54, 1.807) is 6.07 Å². The molecule has 0 radical (unpaired) electrons. The Balaban J connectivity index is 1.91. The van der Waals surface area contributed by atoms with Crippen LogP contribution in [0.5, 0.6) is 0 Å². The number of amides is 1. The number of benzene rings is 2. The number of aliphatic hydroxyl groups is 1. The van der Waals surface area contributed by atoms with Gasteiger partial charge in [0.15, 0.2) is 0 Å². The van der Waals surface area contributed by atoms with Gasteiger partial charge in [-0.15, -0.1) is 0 Å². The quantitative estimate of drug-likeness (QED) is 0.890. The van der Waals surface area contributed by atoms with Gasteiger partial charge < -0.3 is 15.2 Å². The first-order chi connectivity index (χ1) is 10.2. The molecule has 0 heterocycles. The first kappa shape index (κ1) is 15.0. The number of ether oxygens (including phenoxy) is 1. The average Bonchev–Trinajstić information content (AvgIpc) is 2.51. The van der Waals surface area contributed by atoms with Crippen LogP contribution in [-0.4, -0.2) is 17.8 Å². The van der Waals surface area contributed by atoms with Crippen molar-refractivity contribution >= 4 is 6.09 Å². The van der Waals surface area contributed by atoms with Gasteiger partial charge in [0.25, 0.3) is 0 Å². The first-order valence-corrected chi connectivity index (χ1v) is 6.52. The number of hydrogen-bond donors (Lipinski definition) is 2. The van der Waals surface area contributed by atoms with Gasteiger partial charge >= 0.3 is 6.09 Å². The number of carbonyl (C=O) groups is 1. The van der Waals surface area contributed by atoms with Crippen LogP contribution in [0.3, 0.4) is 0 Å². The maximum Gasteiger partial charge on any atom is 0.408 e. The Hall–Kier alpha value is -2.40. The van der Waals surface area contributed by atoms with E-state index >= 15 is 0 Å². The molecular weight excluding hydrogens is 273 g/mol. The number of alkyl carbamates (subject to hydrolysis) is 1. The number of rotatable bonds is 5. The molecule has 0 aliphatic rings. The minimum absolute atomic E-state index is 0.133. The van der Waals surface area contributed by atoms with Crippen LogP contribution >= 0.6 is 0 Å². The van der Waals surface area contributed by atoms with Crippen molar-refractivity contribution in [1.82, 2.24) is 5.32 Å². The predicted molar refractivity (Wildman–Crippen MR) is 76.0 cm³/mol. The SMILES string of the molecule is O=C(NC(CO)c1cccc(F)c1)OCc1ccccc1. The predicted octanol–water partition coefficient (Wildman–Crippen LogP) is 2.79. The van der Waals surface area contributed by atoms with Gasteiger partial charge in [0.2, 0.25) is 0 Å². The molecule has 0 saturated carbocycles. The molecule has 1 amide bonds. The molecule has 0 aromatic heterocycles. The Morgan fingerprint density at radius 3 is 2.62 bits per heavy atom. The molecule has 0 spiro atoms. The summed E-state index contributed by atoms with van der Waals surface area (Å²) in [5.74, 6) is -0.426. The van der Waals surface area contributed by atoms with Crippen LogP contribution in [0.1, 0.15) is 17.2 Å². The number of nitrogens with one attached hydrogen (secondary N) is 1. The molecule has 1 atom stereocenters. The zero-order valence-electron chi connectivity index (χ0n) is 11.3. The van der Waals surface area contributed by atoms with Crippen LogP contribution in [-0.2, 0) is 11.3 Å². The van der Waals surface area contributed by atoms with Crippen LogP contribution < -0.4 is 5.32 Å². The summed E-state index contributed by atoms with van der Waals surface area (Å²) in [6.07, 6.45) is -0.665. The lowest BCUT2D eigenvalue weighted by molar-refractivity contribution is 0.129. The van der Waals surface area contributed by atoms with Crippen molar-refractivity contribution in [3.8, 4) is 0 Å². The van der Waals surface area contributed by atoms with Gasteiger partial charge in [-0.1, -0.05) is 42.5 Å². The largest absolute Gasteiger partial charge is 0.445 e. The van der Waals surface area contributed by atoms with E-state index in [-0.39, 0.29) is 13.2 Å². The Morgan fingerprint density at radius 1 is 1.19 bits per heavy atom. The molecule has 2 aromatic rings. The third kappa shape index (κ3) is 4.57. The molecule has 2 rings (SSSR count). The Kier molecular flexibility index (Phi) is 5.29. The summed E-state index contributed by atoms with van der Waals surface area (Å²) in [6.45, 7) is -0.210. The molecule has 5 heteroatoms. The first-order valence-electron chi connectivity index (χ1n) is 6.52.